The van der Waals surface area contributed by atoms with Crippen LogP contribution in [0.4, 0.5) is 18.4 Å². The van der Waals surface area contributed by atoms with Crippen molar-refractivity contribution in [3.63, 3.8) is 0 Å². The number of carbonyl (C=O) groups excluding carboxylic acids is 14. The molecular weight excluding hydrogens is 1690 g/mol. The fourth-order valence-corrected chi connectivity index (χ4v) is 9.55. The molecule has 0 bridgehead atoms. The minimum atomic E-state index is -1.23. The average molecular weight is 1820 g/mol. The van der Waals surface area contributed by atoms with E-state index in [4.69, 9.17) is 57.6 Å². The number of hydrogen-bond donors (Lipinski definition) is 8. The summed E-state index contributed by atoms with van der Waals surface area (Å²) in [6, 6.07) is 43.2. The highest BCUT2D eigenvalue weighted by molar-refractivity contribution is 5.94. The maximum Gasteiger partial charge on any atom is 0.408 e. The van der Waals surface area contributed by atoms with Crippen molar-refractivity contribution in [1.82, 2.24) is 21.3 Å². The Bertz CT molecular complexity index is 4090. The first-order valence-electron chi connectivity index (χ1n) is 40.6. The van der Waals surface area contributed by atoms with E-state index in [2.05, 4.69) is 40.2 Å². The highest BCUT2D eigenvalue weighted by atomic mass is 35.5. The predicted octanol–water partition coefficient (Wildman–Crippen LogP) is 10.1. The van der Waals surface area contributed by atoms with E-state index in [1.54, 1.807) is 81.4 Å². The van der Waals surface area contributed by atoms with Gasteiger partial charge < -0.3 is 95.1 Å². The Labute approximate surface area is 749 Å². The third-order valence-corrected chi connectivity index (χ3v) is 15.9. The molecule has 0 spiro atoms. The third kappa shape index (κ3) is 62.3. The lowest BCUT2D eigenvalue weighted by Gasteiger charge is -2.23. The summed E-state index contributed by atoms with van der Waals surface area (Å²) in [6.45, 7) is 21.7. The topological polar surface area (TPSA) is 515 Å². The van der Waals surface area contributed by atoms with Gasteiger partial charge in [-0.2, -0.15) is 0 Å². The average Bonchev–Trinajstić information content (AvgIpc) is 0.864. The molecule has 127 heavy (non-hydrogen) atoms. The van der Waals surface area contributed by atoms with Gasteiger partial charge in [0, 0.05) is 12.3 Å². The van der Waals surface area contributed by atoms with E-state index < -0.39 is 133 Å². The summed E-state index contributed by atoms with van der Waals surface area (Å²) < 4.78 is 84.1. The molecule has 5 aromatic rings. The molecule has 1 aliphatic rings. The maximum atomic E-state index is 12.0. The monoisotopic (exact) mass is 1820 g/mol. The van der Waals surface area contributed by atoms with Gasteiger partial charge in [-0.25, -0.2) is 14.4 Å². The summed E-state index contributed by atoms with van der Waals surface area (Å²) in [5.41, 5.74) is 13.1. The number of carboxylic acids is 2. The van der Waals surface area contributed by atoms with Gasteiger partial charge in [0.05, 0.1) is 103 Å². The lowest BCUT2D eigenvalue weighted by atomic mass is 9.87. The lowest BCUT2D eigenvalue weighted by molar-refractivity contribution is -0.163. The Balaban J connectivity index is -0.000000714. The van der Waals surface area contributed by atoms with Crippen molar-refractivity contribution in [2.75, 3.05) is 62.4 Å². The Morgan fingerprint density at radius 3 is 1.06 bits per heavy atom. The molecule has 1 fully saturated rings. The number of Topliss-reactive ketones (excluding diaryl/α,β-unsaturated/α-hetero) is 1. The number of halogens is 3. The van der Waals surface area contributed by atoms with Gasteiger partial charge in [-0.05, 0) is 87.1 Å². The fraction of sp³-hybridized carbons (Fsp3) is 0.483. The molecule has 1 heterocycles. The van der Waals surface area contributed by atoms with E-state index in [1.165, 1.54) is 28.4 Å². The molecule has 0 radical (unpaired) electrons. The third-order valence-electron chi connectivity index (χ3n) is 15.9. The molecule has 38 heteroatoms. The maximum absolute atomic E-state index is 12.0. The molecule has 1 aliphatic heterocycles. The van der Waals surface area contributed by atoms with Crippen LogP contribution in [-0.2, 0) is 152 Å². The number of benzene rings is 5. The van der Waals surface area contributed by atoms with Crippen LogP contribution in [0, 0.1) is 35.5 Å². The minimum absolute atomic E-state index is 0. The molecule has 6 atom stereocenters. The highest BCUT2D eigenvalue weighted by Crippen LogP contribution is 2.21. The first kappa shape index (κ1) is 117. The van der Waals surface area contributed by atoms with E-state index in [9.17, 15) is 85.5 Å². The van der Waals surface area contributed by atoms with Crippen molar-refractivity contribution in [3.8, 4) is 0 Å². The Morgan fingerprint density at radius 1 is 0.457 bits per heavy atom. The molecule has 0 unspecified atom stereocenters. The highest BCUT2D eigenvalue weighted by Gasteiger charge is 2.33. The van der Waals surface area contributed by atoms with Gasteiger partial charge in [-0.15, -0.1) is 12.4 Å². The van der Waals surface area contributed by atoms with Gasteiger partial charge in [0.1, 0.15) is 68.9 Å². The summed E-state index contributed by atoms with van der Waals surface area (Å²) >= 11 is 0. The van der Waals surface area contributed by atoms with Crippen molar-refractivity contribution < 1.29 is 151 Å². The van der Waals surface area contributed by atoms with Gasteiger partial charge in [0.15, 0.2) is 5.78 Å². The number of nitrogens with two attached hydrogens (primary N) is 2. The van der Waals surface area contributed by atoms with E-state index >= 15 is 0 Å². The number of alkyl carbamates (subject to hydrolysis) is 2. The normalized spacial score (nSPS) is 12.7. The largest absolute Gasteiger partial charge is 0.481 e. The molecule has 1 saturated heterocycles. The van der Waals surface area contributed by atoms with Crippen molar-refractivity contribution in [2.24, 2.45) is 47.0 Å². The SMILES string of the molecule is CC(C)(C)OC(=O)C[C@@H](CC(=O)OCc1ccccc1)C(=O)O.CC(C)[C@@H](NC(=O)OCc1ccccc1)C(=O)O.CC(C)[C@H]1CC(=O)CNC1=O.COC(=O)CN.COC(=O)CNC(=O)[C@H](NC(=O)OCc1ccccc1)C(C)C.COC(=O)[C@@H](N)CC(=O)OCc1ccccc1.COC(=O)[C@H](CC(=O)OCc1ccccc1)CC(=O)OC(C)(C)C.Cl.[2H]CF.[2H]CF. The Morgan fingerprint density at radius 2 is 0.772 bits per heavy atom. The number of methoxy groups -OCH3 is 4. The molecular formula is C89H127ClF2N6O29. The van der Waals surface area contributed by atoms with Gasteiger partial charge >= 0.3 is 77.8 Å². The van der Waals surface area contributed by atoms with Crippen LogP contribution in [0.25, 0.3) is 0 Å². The summed E-state index contributed by atoms with van der Waals surface area (Å²) in [7, 11) is 2.96. The zero-order valence-electron chi connectivity index (χ0n) is 76.7. The Kier molecular flexibility index (Phi) is 64.0. The van der Waals surface area contributed by atoms with Gasteiger partial charge in [0.2, 0.25) is 11.8 Å². The number of piperidine rings is 1. The first-order valence-corrected chi connectivity index (χ1v) is 39.2. The molecule has 708 valence electrons. The smallest absolute Gasteiger partial charge is 0.408 e. The van der Waals surface area contributed by atoms with Crippen LogP contribution in [-0.4, -0.2) is 197 Å². The van der Waals surface area contributed by atoms with Crippen molar-refractivity contribution in [1.29, 1.82) is 0 Å². The zero-order valence-corrected chi connectivity index (χ0v) is 75.5. The van der Waals surface area contributed by atoms with E-state index in [0.29, 0.717) is 6.42 Å². The van der Waals surface area contributed by atoms with Crippen molar-refractivity contribution in [2.45, 2.75) is 184 Å². The zero-order chi connectivity index (χ0) is 97.9. The first-order chi connectivity index (χ1) is 60.2. The number of alkyl halides is 2. The van der Waals surface area contributed by atoms with Gasteiger partial charge in [-0.1, -0.05) is 193 Å². The number of rotatable bonds is 33. The van der Waals surface area contributed by atoms with E-state index in [-0.39, 0.29) is 139 Å². The van der Waals surface area contributed by atoms with Crippen LogP contribution < -0.4 is 32.7 Å². The van der Waals surface area contributed by atoms with Crippen LogP contribution in [0.2, 0.25) is 0 Å². The second kappa shape index (κ2) is 69.7. The molecule has 35 nitrogen and oxygen atoms in total. The van der Waals surface area contributed by atoms with Crippen LogP contribution in [0.15, 0.2) is 152 Å². The van der Waals surface area contributed by atoms with Crippen LogP contribution >= 0.6 is 12.4 Å². The quantitative estimate of drug-likeness (QED) is 0.0143. The lowest BCUT2D eigenvalue weighted by Crippen LogP contribution is -2.50. The van der Waals surface area contributed by atoms with Crippen LogP contribution in [0.5, 0.6) is 0 Å². The number of esters is 9. The molecule has 0 saturated carbocycles. The van der Waals surface area contributed by atoms with Crippen LogP contribution in [0.3, 0.4) is 0 Å². The molecule has 4 amide bonds. The fourth-order valence-electron chi connectivity index (χ4n) is 9.55. The second-order valence-electron chi connectivity index (χ2n) is 29.6. The molecule has 0 aromatic heterocycles. The Hall–Kier alpha value is -12.5. The number of hydrogen-bond acceptors (Lipinski definition) is 29. The summed E-state index contributed by atoms with van der Waals surface area (Å²) in [4.78, 5) is 182. The summed E-state index contributed by atoms with van der Waals surface area (Å²) in [6.07, 6.45) is -2.39. The minimum Gasteiger partial charge on any atom is -0.481 e. The van der Waals surface area contributed by atoms with E-state index in [1.807, 2.05) is 153 Å². The van der Waals surface area contributed by atoms with Crippen molar-refractivity contribution >= 4 is 108 Å². The number of carbonyl (C=O) groups is 16. The van der Waals surface area contributed by atoms with Gasteiger partial charge in [0.25, 0.3) is 0 Å². The van der Waals surface area contributed by atoms with Crippen molar-refractivity contribution in [3.05, 3.63) is 179 Å². The molecule has 5 aromatic carbocycles. The van der Waals surface area contributed by atoms with Crippen LogP contribution in [0.1, 0.15) is 152 Å². The van der Waals surface area contributed by atoms with Gasteiger partial charge in [-0.3, -0.25) is 71.1 Å². The summed E-state index contributed by atoms with van der Waals surface area (Å²) in [5.74, 6) is -10.1. The summed E-state index contributed by atoms with van der Waals surface area (Å²) in [5, 5.41) is 27.9. The standard InChI is InChI=1S/C18H24O6.C17H22O6.C16H22N2O5.C13H17NO4.C12H15NO4.C8H13NO2.C3H7NO2.2CH3F.ClH/c1-18(2,3)24-16(20)11-14(17(21)22-4)10-15(19)23-12-13-8-6-5-7-9-13;1-17(2,3)23-15(19)10-13(16(20)21)9-14(18)22-11-12-7-5-4-6-8-12;1-11(2)14(15(20)17-9-13(19)22-3)18-16(21)23-10-12-7-5-4-6-8-12;1-9(2)11(12(15)16)14-13(17)18-8-10-6-4-3-5-7-10;1-16-12(15)10(13)7-11(14)17-8-9-5-3-2-4-6-9;1-5(2)7-3-6(10)4-9-8(7)11;1-6-3(5)2-4;2*1-2;/h5-9,14H,10-12H2,1-4H3;4-8,13H,9-11H2,1-3H3,(H,20,21);4-8,11,14H,9-10H2,1-3H3,(H,17,20)(H,18,21);3-7,9,11H,8H2,1-2H3,(H,14,17)(H,15,16);2-6,10H,7-8,13H2,1H3;5,7H,3-4H2,1-2H3,(H,9,11);2,4H2,1H3;2*1H3;1H/t14-;13-;14-;11-;10-;7-;;;;/m111101..../s1/i;;;;;;;2*1D;. The second-order valence-corrected chi connectivity index (χ2v) is 29.6. The number of amides is 4. The number of ketones is 1. The molecule has 6 rings (SSSR count). The number of aliphatic carboxylic acids is 2. The molecule has 10 N–H and O–H groups in total. The van der Waals surface area contributed by atoms with E-state index in [0.717, 1.165) is 27.8 Å². The number of ether oxygens (including phenoxy) is 11. The number of nitrogens with one attached hydrogen (secondary N) is 4. The molecule has 0 aliphatic carbocycles. The predicted molar refractivity (Wildman–Crippen MR) is 463 cm³/mol. The number of carboxylic acid groups (broad SMARTS) is 2.